The molecule has 0 radical (unpaired) electrons. The van der Waals surface area contributed by atoms with E-state index in [1.54, 1.807) is 10.8 Å². The van der Waals surface area contributed by atoms with Crippen LogP contribution in [0.15, 0.2) is 240 Å². The molecule has 0 unspecified atom stereocenters. The lowest BCUT2D eigenvalue weighted by atomic mass is 9.84. The second-order valence-corrected chi connectivity index (χ2v) is 21.2. The van der Waals surface area contributed by atoms with E-state index in [-0.39, 0.29) is 0 Å². The smallest absolute Gasteiger partial charge is 0.125 e. The average molecular weight is 991 g/mol. The molecule has 10 aromatic carbocycles. The molecule has 0 spiro atoms. The summed E-state index contributed by atoms with van der Waals surface area (Å²) in [6.07, 6.45) is 5.68. The third kappa shape index (κ3) is 7.01. The van der Waals surface area contributed by atoms with Crippen molar-refractivity contribution in [2.45, 2.75) is 6.42 Å². The van der Waals surface area contributed by atoms with Crippen LogP contribution in [0.1, 0.15) is 27.9 Å². The van der Waals surface area contributed by atoms with Crippen LogP contribution >= 0.6 is 21.8 Å². The molecular formula is C69H42N4S2. The molecule has 1 aliphatic heterocycles. The first-order valence-corrected chi connectivity index (χ1v) is 27.5. The molecule has 0 saturated heterocycles. The van der Waals surface area contributed by atoms with Crippen molar-refractivity contribution in [2.24, 2.45) is 4.40 Å². The lowest BCUT2D eigenvalue weighted by molar-refractivity contribution is 0.867. The fourth-order valence-electron chi connectivity index (χ4n) is 12.1. The minimum absolute atomic E-state index is 0.714. The maximum absolute atomic E-state index is 5.49. The van der Waals surface area contributed by atoms with Crippen molar-refractivity contribution in [1.29, 1.82) is 0 Å². The molecule has 350 valence electrons. The molecule has 4 aliphatic rings. The summed E-state index contributed by atoms with van der Waals surface area (Å²) in [5.41, 5.74) is 25.6. The summed E-state index contributed by atoms with van der Waals surface area (Å²) in [7, 11) is 3.30. The highest BCUT2D eigenvalue weighted by atomic mass is 33.1. The predicted octanol–water partition coefficient (Wildman–Crippen LogP) is 15.8. The maximum atomic E-state index is 5.49. The highest BCUT2D eigenvalue weighted by Gasteiger charge is 2.38. The second kappa shape index (κ2) is 17.9. The highest BCUT2D eigenvalue weighted by molar-refractivity contribution is 8.77. The Labute approximate surface area is 442 Å². The first-order chi connectivity index (χ1) is 37.3. The number of hydrogen-bond acceptors (Lipinski definition) is 6. The zero-order valence-corrected chi connectivity index (χ0v) is 42.0. The SMILES string of the molecule is C1=c2c3c(c4c(c2-c2ccccc21)C=c1ccc(-c2ccccc2-c2ccccc2)c(-c2ccccc2-c2ccccc2)c1=4)C1=C(C3)SSN=C1c1nnnc(-c2ccccc2-c2ccccc2)c1-c1ccccc1. The standard InChI is InChI=1S/C69H42N4S2/c1-5-21-42(22-6-1)48-30-15-18-34-52(48)54-38-37-47-40-58-62-51-33-14-13-29-46(51)39-56(62)57-41-59-66(64(57)65(58)60(47)63(54)53-35-19-16-31-49(53)43-23-7-2-8-24-43)69(72-75-74-59)68-61(45-27-11-4-12-28-45)67(70-73-71-68)55-36-20-17-32-50(55)44-25-9-3-10-26-44/h1-40H,41H2. The van der Waals surface area contributed by atoms with E-state index in [9.17, 15) is 0 Å². The Hall–Kier alpha value is -8.94. The molecule has 11 aromatic rings. The van der Waals surface area contributed by atoms with Gasteiger partial charge in [-0.15, -0.1) is 10.2 Å². The van der Waals surface area contributed by atoms with Crippen molar-refractivity contribution >= 4 is 45.2 Å². The largest absolute Gasteiger partial charge is 0.202 e. The number of nitrogens with zero attached hydrogens (tertiary/aromatic N) is 4. The fourth-order valence-corrected chi connectivity index (χ4v) is 14.0. The summed E-state index contributed by atoms with van der Waals surface area (Å²) in [6.45, 7) is 0. The summed E-state index contributed by atoms with van der Waals surface area (Å²) >= 11 is 0. The van der Waals surface area contributed by atoms with Crippen molar-refractivity contribution in [1.82, 2.24) is 15.4 Å². The summed E-state index contributed by atoms with van der Waals surface area (Å²) in [5, 5.41) is 19.6. The van der Waals surface area contributed by atoms with Crippen LogP contribution in [0.3, 0.4) is 0 Å². The minimum Gasteiger partial charge on any atom is -0.202 e. The van der Waals surface area contributed by atoms with Gasteiger partial charge in [0.2, 0.25) is 0 Å². The van der Waals surface area contributed by atoms with E-state index in [1.807, 2.05) is 0 Å². The molecule has 3 aliphatic carbocycles. The second-order valence-electron chi connectivity index (χ2n) is 19.3. The Morgan fingerprint density at radius 3 is 1.53 bits per heavy atom. The Kier molecular flexibility index (Phi) is 10.4. The van der Waals surface area contributed by atoms with Gasteiger partial charge in [0, 0.05) is 39.0 Å². The van der Waals surface area contributed by atoms with Crippen molar-refractivity contribution in [2.75, 3.05) is 0 Å². The lowest BCUT2D eigenvalue weighted by Crippen LogP contribution is -2.16. The molecule has 0 bridgehead atoms. The van der Waals surface area contributed by atoms with Crippen LogP contribution in [0.25, 0.3) is 107 Å². The number of rotatable bonds is 8. The lowest BCUT2D eigenvalue weighted by Gasteiger charge is -2.21. The van der Waals surface area contributed by atoms with Gasteiger partial charge >= 0.3 is 0 Å². The zero-order valence-electron chi connectivity index (χ0n) is 40.4. The molecule has 0 N–H and O–H groups in total. The van der Waals surface area contributed by atoms with Gasteiger partial charge in [-0.25, -0.2) is 4.40 Å². The van der Waals surface area contributed by atoms with E-state index in [4.69, 9.17) is 14.6 Å². The predicted molar refractivity (Wildman–Crippen MR) is 313 cm³/mol. The van der Waals surface area contributed by atoms with Crippen molar-refractivity contribution in [3.63, 3.8) is 0 Å². The van der Waals surface area contributed by atoms with Gasteiger partial charge < -0.3 is 0 Å². The number of allylic oxidation sites excluding steroid dienone is 2. The van der Waals surface area contributed by atoms with E-state index in [2.05, 4.69) is 248 Å². The van der Waals surface area contributed by atoms with Gasteiger partial charge in [-0.1, -0.05) is 231 Å². The van der Waals surface area contributed by atoms with Crippen molar-refractivity contribution in [3.8, 4) is 89.1 Å². The van der Waals surface area contributed by atoms with E-state index in [1.165, 1.54) is 115 Å². The Balaban J connectivity index is 1.08. The minimum atomic E-state index is 0.714. The molecule has 0 atom stereocenters. The normalized spacial score (nSPS) is 13.4. The first kappa shape index (κ1) is 43.6. The van der Waals surface area contributed by atoms with E-state index >= 15 is 0 Å². The number of hydrogen-bond donors (Lipinski definition) is 0. The molecule has 2 heterocycles. The molecule has 6 heteroatoms. The summed E-state index contributed by atoms with van der Waals surface area (Å²) in [4.78, 5) is 1.27. The van der Waals surface area contributed by atoms with Gasteiger partial charge in [-0.05, 0) is 144 Å². The Bertz CT molecular complexity index is 4480. The number of benzene rings is 10. The van der Waals surface area contributed by atoms with Crippen LogP contribution < -0.4 is 10.4 Å². The molecule has 0 saturated carbocycles. The molecule has 0 amide bonds. The molecular weight excluding hydrogens is 949 g/mol. The third-order valence-electron chi connectivity index (χ3n) is 15.3. The molecule has 75 heavy (non-hydrogen) atoms. The first-order valence-electron chi connectivity index (χ1n) is 25.3. The van der Waals surface area contributed by atoms with E-state index < -0.39 is 0 Å². The molecule has 1 aromatic heterocycles. The van der Waals surface area contributed by atoms with Crippen LogP contribution in [-0.4, -0.2) is 21.1 Å². The van der Waals surface area contributed by atoms with Crippen LogP contribution in [0, 0.1) is 10.4 Å². The van der Waals surface area contributed by atoms with Crippen LogP contribution in [-0.2, 0) is 6.42 Å². The van der Waals surface area contributed by atoms with Gasteiger partial charge in [0.05, 0.1) is 0 Å². The highest BCUT2D eigenvalue weighted by Crippen LogP contribution is 2.53. The topological polar surface area (TPSA) is 51.0 Å². The van der Waals surface area contributed by atoms with Crippen LogP contribution in [0.2, 0.25) is 0 Å². The van der Waals surface area contributed by atoms with Gasteiger partial charge in [-0.2, -0.15) is 0 Å². The number of fused-ring (bicyclic) bond motifs is 10. The third-order valence-corrected chi connectivity index (χ3v) is 17.2. The monoisotopic (exact) mass is 990 g/mol. The van der Waals surface area contributed by atoms with Crippen molar-refractivity contribution in [3.05, 3.63) is 284 Å². The Morgan fingerprint density at radius 2 is 0.880 bits per heavy atom. The van der Waals surface area contributed by atoms with E-state index in [0.717, 1.165) is 51.2 Å². The molecule has 4 nitrogen and oxygen atoms in total. The fraction of sp³-hybridized carbons (Fsp3) is 0.0145. The summed E-state index contributed by atoms with van der Waals surface area (Å²) in [5.74, 6) is 0. The maximum Gasteiger partial charge on any atom is 0.125 e. The van der Waals surface area contributed by atoms with Crippen LogP contribution in [0.4, 0.5) is 0 Å². The quantitative estimate of drug-likeness (QED) is 0.112. The number of aromatic nitrogens is 3. The van der Waals surface area contributed by atoms with Gasteiger partial charge in [0.15, 0.2) is 0 Å². The summed E-state index contributed by atoms with van der Waals surface area (Å²) < 4.78 is 5.49. The summed E-state index contributed by atoms with van der Waals surface area (Å²) in [6, 6.07) is 82.9. The van der Waals surface area contributed by atoms with Crippen molar-refractivity contribution < 1.29 is 0 Å². The van der Waals surface area contributed by atoms with Gasteiger partial charge in [-0.3, -0.25) is 0 Å². The Morgan fingerprint density at radius 1 is 0.360 bits per heavy atom. The van der Waals surface area contributed by atoms with Gasteiger partial charge in [0.1, 0.15) is 17.1 Å². The molecule has 0 fully saturated rings. The van der Waals surface area contributed by atoms with E-state index in [0.29, 0.717) is 5.69 Å². The van der Waals surface area contributed by atoms with Gasteiger partial charge in [0.25, 0.3) is 0 Å². The molecule has 15 rings (SSSR count). The van der Waals surface area contributed by atoms with Crippen LogP contribution in [0.5, 0.6) is 0 Å². The zero-order chi connectivity index (χ0) is 49.4. The average Bonchev–Trinajstić information content (AvgIpc) is 4.22.